The van der Waals surface area contributed by atoms with Crippen molar-refractivity contribution >= 4 is 12.1 Å². The van der Waals surface area contributed by atoms with Crippen LogP contribution in [0.4, 0.5) is 4.79 Å². The lowest BCUT2D eigenvalue weighted by Gasteiger charge is -2.30. The number of nitrogens with one attached hydrogen (secondary N) is 2. The SMILES string of the molecule is CN=C(NCCN(C(=O)OC(C)(C)C)C1CC1)NCC1(CCOC)CCCC1. The van der Waals surface area contributed by atoms with Crippen LogP contribution < -0.4 is 10.6 Å². The second-order valence-electron chi connectivity index (χ2n) is 9.21. The number of rotatable bonds is 9. The lowest BCUT2D eigenvalue weighted by molar-refractivity contribution is 0.0238. The van der Waals surface area contributed by atoms with Gasteiger partial charge in [-0.25, -0.2) is 4.79 Å². The summed E-state index contributed by atoms with van der Waals surface area (Å²) >= 11 is 0. The number of hydrogen-bond donors (Lipinski definition) is 2. The maximum atomic E-state index is 12.4. The molecule has 28 heavy (non-hydrogen) atoms. The summed E-state index contributed by atoms with van der Waals surface area (Å²) in [5, 5.41) is 6.85. The standard InChI is InChI=1S/C21H40N4O3/c1-20(2,3)28-19(26)25(17-8-9-17)14-13-23-18(22-4)24-16-21(12-15-27-5)10-6-7-11-21/h17H,6-16H2,1-5H3,(H2,22,23,24). The van der Waals surface area contributed by atoms with Gasteiger partial charge in [0.2, 0.25) is 0 Å². The second-order valence-corrected chi connectivity index (χ2v) is 9.21. The van der Waals surface area contributed by atoms with Gasteiger partial charge in [0.1, 0.15) is 5.60 Å². The molecule has 2 fully saturated rings. The molecule has 2 saturated carbocycles. The van der Waals surface area contributed by atoms with Crippen molar-refractivity contribution in [2.45, 2.75) is 77.4 Å². The molecule has 2 aliphatic carbocycles. The second kappa shape index (κ2) is 10.3. The van der Waals surface area contributed by atoms with E-state index in [1.807, 2.05) is 25.7 Å². The lowest BCUT2D eigenvalue weighted by atomic mass is 9.83. The number of guanidine groups is 1. The van der Waals surface area contributed by atoms with Crippen LogP contribution in [-0.4, -0.2) is 69.0 Å². The van der Waals surface area contributed by atoms with Gasteiger partial charge in [0.15, 0.2) is 5.96 Å². The normalized spacial score (nSPS) is 19.4. The lowest BCUT2D eigenvalue weighted by Crippen LogP contribution is -2.47. The zero-order valence-corrected chi connectivity index (χ0v) is 18.5. The molecule has 0 radical (unpaired) electrons. The van der Waals surface area contributed by atoms with Gasteiger partial charge in [0.05, 0.1) is 0 Å². The molecular formula is C21H40N4O3. The predicted molar refractivity (Wildman–Crippen MR) is 113 cm³/mol. The highest BCUT2D eigenvalue weighted by molar-refractivity contribution is 5.79. The minimum atomic E-state index is -0.465. The van der Waals surface area contributed by atoms with Gasteiger partial charge in [-0.2, -0.15) is 0 Å². The topological polar surface area (TPSA) is 75.2 Å². The van der Waals surface area contributed by atoms with E-state index < -0.39 is 5.60 Å². The van der Waals surface area contributed by atoms with E-state index in [1.54, 1.807) is 14.2 Å². The molecule has 0 aromatic carbocycles. The first-order valence-electron chi connectivity index (χ1n) is 10.7. The van der Waals surface area contributed by atoms with Crippen molar-refractivity contribution < 1.29 is 14.3 Å². The van der Waals surface area contributed by atoms with Crippen molar-refractivity contribution in [3.8, 4) is 0 Å². The van der Waals surface area contributed by atoms with Crippen LogP contribution in [0.15, 0.2) is 4.99 Å². The Morgan fingerprint density at radius 3 is 2.43 bits per heavy atom. The fourth-order valence-electron chi connectivity index (χ4n) is 3.88. The summed E-state index contributed by atoms with van der Waals surface area (Å²) in [6.45, 7) is 8.71. The molecule has 162 valence electrons. The Morgan fingerprint density at radius 1 is 1.21 bits per heavy atom. The third kappa shape index (κ3) is 7.49. The van der Waals surface area contributed by atoms with Crippen LogP contribution in [0.5, 0.6) is 0 Å². The Kier molecular flexibility index (Phi) is 8.40. The highest BCUT2D eigenvalue weighted by Gasteiger charge is 2.35. The van der Waals surface area contributed by atoms with E-state index >= 15 is 0 Å². The molecule has 2 N–H and O–H groups in total. The van der Waals surface area contributed by atoms with E-state index in [4.69, 9.17) is 9.47 Å². The Bertz CT molecular complexity index is 520. The molecular weight excluding hydrogens is 356 g/mol. The number of hydrogen-bond acceptors (Lipinski definition) is 4. The van der Waals surface area contributed by atoms with Crippen molar-refractivity contribution in [2.75, 3.05) is 40.4 Å². The molecule has 2 rings (SSSR count). The maximum Gasteiger partial charge on any atom is 0.410 e. The Hall–Kier alpha value is -1.50. The number of aliphatic imine (C=N–C) groups is 1. The van der Waals surface area contributed by atoms with Gasteiger partial charge in [-0.15, -0.1) is 0 Å². The summed E-state index contributed by atoms with van der Waals surface area (Å²) in [7, 11) is 3.56. The van der Waals surface area contributed by atoms with Crippen LogP contribution in [0.1, 0.15) is 65.7 Å². The molecule has 1 amide bonds. The summed E-state index contributed by atoms with van der Waals surface area (Å²) in [6.07, 6.45) is 8.07. The summed E-state index contributed by atoms with van der Waals surface area (Å²) in [6, 6.07) is 0.322. The fraction of sp³-hybridized carbons (Fsp3) is 0.905. The van der Waals surface area contributed by atoms with Gasteiger partial charge in [-0.3, -0.25) is 4.99 Å². The fourth-order valence-corrected chi connectivity index (χ4v) is 3.88. The largest absolute Gasteiger partial charge is 0.444 e. The van der Waals surface area contributed by atoms with E-state index in [2.05, 4.69) is 15.6 Å². The van der Waals surface area contributed by atoms with Crippen LogP contribution in [0, 0.1) is 5.41 Å². The minimum Gasteiger partial charge on any atom is -0.444 e. The number of nitrogens with zero attached hydrogens (tertiary/aromatic N) is 2. The zero-order valence-electron chi connectivity index (χ0n) is 18.5. The first-order chi connectivity index (χ1) is 13.3. The van der Waals surface area contributed by atoms with Crippen LogP contribution in [0.2, 0.25) is 0 Å². The smallest absolute Gasteiger partial charge is 0.410 e. The average Bonchev–Trinajstić information content (AvgIpc) is 3.36. The third-order valence-corrected chi connectivity index (χ3v) is 5.62. The van der Waals surface area contributed by atoms with Gasteiger partial charge in [-0.1, -0.05) is 12.8 Å². The molecule has 0 atom stereocenters. The number of ether oxygens (including phenoxy) is 2. The predicted octanol–water partition coefficient (Wildman–Crippen LogP) is 3.15. The molecule has 0 spiro atoms. The van der Waals surface area contributed by atoms with E-state index in [0.29, 0.717) is 24.5 Å². The highest BCUT2D eigenvalue weighted by Crippen LogP contribution is 2.40. The van der Waals surface area contributed by atoms with E-state index in [-0.39, 0.29) is 6.09 Å². The Labute approximate surface area is 170 Å². The van der Waals surface area contributed by atoms with Crippen molar-refractivity contribution in [3.05, 3.63) is 0 Å². The molecule has 0 aliphatic heterocycles. The van der Waals surface area contributed by atoms with E-state index in [0.717, 1.165) is 38.4 Å². The Balaban J connectivity index is 1.78. The molecule has 0 saturated heterocycles. The van der Waals surface area contributed by atoms with E-state index in [9.17, 15) is 4.79 Å². The van der Waals surface area contributed by atoms with Crippen molar-refractivity contribution in [3.63, 3.8) is 0 Å². The van der Waals surface area contributed by atoms with Crippen LogP contribution in [0.25, 0.3) is 0 Å². The summed E-state index contributed by atoms with van der Waals surface area (Å²) in [5.41, 5.74) is -0.156. The summed E-state index contributed by atoms with van der Waals surface area (Å²) < 4.78 is 10.9. The monoisotopic (exact) mass is 396 g/mol. The number of methoxy groups -OCH3 is 1. The van der Waals surface area contributed by atoms with Crippen molar-refractivity contribution in [1.82, 2.24) is 15.5 Å². The van der Waals surface area contributed by atoms with Crippen molar-refractivity contribution in [2.24, 2.45) is 10.4 Å². The third-order valence-electron chi connectivity index (χ3n) is 5.62. The van der Waals surface area contributed by atoms with Crippen LogP contribution in [-0.2, 0) is 9.47 Å². The molecule has 0 unspecified atom stereocenters. The van der Waals surface area contributed by atoms with Gasteiger partial charge in [-0.05, 0) is 58.3 Å². The highest BCUT2D eigenvalue weighted by atomic mass is 16.6. The zero-order chi connectivity index (χ0) is 20.6. The molecule has 7 nitrogen and oxygen atoms in total. The molecule has 0 heterocycles. The number of amides is 1. The van der Waals surface area contributed by atoms with E-state index in [1.165, 1.54) is 25.7 Å². The molecule has 0 bridgehead atoms. The summed E-state index contributed by atoms with van der Waals surface area (Å²) in [5.74, 6) is 0.795. The molecule has 0 aromatic rings. The number of carbonyl (C=O) groups is 1. The Morgan fingerprint density at radius 2 is 1.89 bits per heavy atom. The first-order valence-corrected chi connectivity index (χ1v) is 10.7. The van der Waals surface area contributed by atoms with Crippen molar-refractivity contribution in [1.29, 1.82) is 0 Å². The van der Waals surface area contributed by atoms with Gasteiger partial charge in [0.25, 0.3) is 0 Å². The van der Waals surface area contributed by atoms with Gasteiger partial charge >= 0.3 is 6.09 Å². The van der Waals surface area contributed by atoms with Gasteiger partial charge in [0, 0.05) is 46.4 Å². The van der Waals surface area contributed by atoms with Crippen LogP contribution in [0.3, 0.4) is 0 Å². The van der Waals surface area contributed by atoms with Crippen LogP contribution >= 0.6 is 0 Å². The minimum absolute atomic E-state index is 0.218. The molecule has 7 heteroatoms. The number of carbonyl (C=O) groups excluding carboxylic acids is 1. The molecule has 0 aromatic heterocycles. The molecule has 2 aliphatic rings. The first kappa shape index (κ1) is 22.8. The summed E-state index contributed by atoms with van der Waals surface area (Å²) in [4.78, 5) is 18.6. The maximum absolute atomic E-state index is 12.4. The van der Waals surface area contributed by atoms with Gasteiger partial charge < -0.3 is 25.0 Å². The average molecular weight is 397 g/mol. The quantitative estimate of drug-likeness (QED) is 0.463.